The van der Waals surface area contributed by atoms with Crippen molar-refractivity contribution in [3.63, 3.8) is 0 Å². The van der Waals surface area contributed by atoms with Crippen LogP contribution in [0.2, 0.25) is 0 Å². The van der Waals surface area contributed by atoms with Crippen molar-refractivity contribution in [1.29, 1.82) is 0 Å². The Kier molecular flexibility index (Phi) is 5.91. The molecule has 0 radical (unpaired) electrons. The van der Waals surface area contributed by atoms with Crippen molar-refractivity contribution in [2.75, 3.05) is 13.1 Å². The summed E-state index contributed by atoms with van der Waals surface area (Å²) in [6.45, 7) is 9.42. The number of thioether (sulfide) groups is 1. The van der Waals surface area contributed by atoms with Gasteiger partial charge in [-0.2, -0.15) is 0 Å². The zero-order chi connectivity index (χ0) is 19.6. The summed E-state index contributed by atoms with van der Waals surface area (Å²) in [5.74, 6) is 0.210. The summed E-state index contributed by atoms with van der Waals surface area (Å²) < 4.78 is 1.91. The van der Waals surface area contributed by atoms with Gasteiger partial charge in [0.2, 0.25) is 5.91 Å². The molecule has 1 atom stereocenters. The molecule has 1 aromatic carbocycles. The molecule has 3 rings (SSSR count). The van der Waals surface area contributed by atoms with Gasteiger partial charge < -0.3 is 10.6 Å². The maximum Gasteiger partial charge on any atom is 0.235 e. The molecule has 1 amide bonds. The van der Waals surface area contributed by atoms with Crippen LogP contribution in [0.15, 0.2) is 35.4 Å². The molecular weight excluding hydrogens is 358 g/mol. The normalized spacial score (nSPS) is 17.1. The Morgan fingerprint density at radius 3 is 2.44 bits per heavy atom. The molecule has 1 unspecified atom stereocenters. The van der Waals surface area contributed by atoms with E-state index in [4.69, 9.17) is 5.73 Å². The lowest BCUT2D eigenvalue weighted by atomic mass is 10.0. The van der Waals surface area contributed by atoms with Crippen molar-refractivity contribution < 1.29 is 4.79 Å². The second-order valence-corrected chi connectivity index (χ2v) is 9.35. The van der Waals surface area contributed by atoms with Gasteiger partial charge in [-0.15, -0.1) is 16.9 Å². The minimum atomic E-state index is -0.489. The van der Waals surface area contributed by atoms with Crippen molar-refractivity contribution in [2.45, 2.75) is 62.3 Å². The lowest BCUT2D eigenvalue weighted by Gasteiger charge is -2.33. The lowest BCUT2D eigenvalue weighted by molar-refractivity contribution is -0.131. The number of hydrogen-bond acceptors (Lipinski definition) is 5. The van der Waals surface area contributed by atoms with Crippen LogP contribution in [0.1, 0.15) is 50.9 Å². The summed E-state index contributed by atoms with van der Waals surface area (Å²) in [4.78, 5) is 15.9. The largest absolute Gasteiger partial charge is 0.342 e. The van der Waals surface area contributed by atoms with Crippen LogP contribution in [0.25, 0.3) is 0 Å². The van der Waals surface area contributed by atoms with Gasteiger partial charge >= 0.3 is 0 Å². The number of benzene rings is 1. The Morgan fingerprint density at radius 2 is 1.89 bits per heavy atom. The third-order valence-corrected chi connectivity index (χ3v) is 6.10. The number of piperidine rings is 1. The SMILES string of the molecule is Cc1ccc(SC(C)C(=O)N2CCC(n3cc(C(C)(C)N)nn3)CC2)cc1. The minimum Gasteiger partial charge on any atom is -0.342 e. The molecule has 27 heavy (non-hydrogen) atoms. The number of nitrogens with zero attached hydrogens (tertiary/aromatic N) is 4. The van der Waals surface area contributed by atoms with E-state index in [0.29, 0.717) is 0 Å². The van der Waals surface area contributed by atoms with E-state index in [-0.39, 0.29) is 17.2 Å². The summed E-state index contributed by atoms with van der Waals surface area (Å²) in [5.41, 5.74) is 7.63. The molecule has 1 aliphatic rings. The maximum absolute atomic E-state index is 12.8. The Hall–Kier alpha value is -1.86. The van der Waals surface area contributed by atoms with Gasteiger partial charge in [-0.3, -0.25) is 4.79 Å². The molecule has 2 aromatic rings. The predicted molar refractivity (Wildman–Crippen MR) is 109 cm³/mol. The number of amides is 1. The Balaban J connectivity index is 1.54. The van der Waals surface area contributed by atoms with E-state index in [0.717, 1.165) is 36.5 Å². The fourth-order valence-corrected chi connectivity index (χ4v) is 4.18. The number of aryl methyl sites for hydroxylation is 1. The van der Waals surface area contributed by atoms with Gasteiger partial charge in [0.15, 0.2) is 0 Å². The summed E-state index contributed by atoms with van der Waals surface area (Å²) in [7, 11) is 0. The standard InChI is InChI=1S/C20H29N5OS/c1-14-5-7-17(8-6-14)27-15(2)19(26)24-11-9-16(10-12-24)25-13-18(22-23-25)20(3,4)21/h5-8,13,15-16H,9-12,21H2,1-4H3. The number of carbonyl (C=O) groups is 1. The average molecular weight is 388 g/mol. The molecule has 2 N–H and O–H groups in total. The molecule has 0 spiro atoms. The first-order chi connectivity index (χ1) is 12.7. The van der Waals surface area contributed by atoms with Crippen molar-refractivity contribution in [2.24, 2.45) is 5.73 Å². The number of likely N-dealkylation sites (tertiary alicyclic amines) is 1. The number of hydrogen-bond donors (Lipinski definition) is 1. The third kappa shape index (κ3) is 4.90. The van der Waals surface area contributed by atoms with E-state index in [2.05, 4.69) is 41.5 Å². The quantitative estimate of drug-likeness (QED) is 0.798. The van der Waals surface area contributed by atoms with Crippen LogP contribution in [0.5, 0.6) is 0 Å². The summed E-state index contributed by atoms with van der Waals surface area (Å²) in [6, 6.07) is 8.60. The van der Waals surface area contributed by atoms with Crippen LogP contribution in [-0.4, -0.2) is 44.1 Å². The highest BCUT2D eigenvalue weighted by molar-refractivity contribution is 8.00. The highest BCUT2D eigenvalue weighted by Crippen LogP contribution is 2.28. The average Bonchev–Trinajstić information content (AvgIpc) is 3.14. The molecule has 7 heteroatoms. The van der Waals surface area contributed by atoms with E-state index in [1.165, 1.54) is 5.56 Å². The van der Waals surface area contributed by atoms with Crippen LogP contribution in [0, 0.1) is 6.92 Å². The third-order valence-electron chi connectivity index (χ3n) is 5.00. The van der Waals surface area contributed by atoms with E-state index >= 15 is 0 Å². The highest BCUT2D eigenvalue weighted by Gasteiger charge is 2.28. The van der Waals surface area contributed by atoms with Crippen molar-refractivity contribution in [3.05, 3.63) is 41.7 Å². The zero-order valence-corrected chi connectivity index (χ0v) is 17.4. The fourth-order valence-electron chi connectivity index (χ4n) is 3.23. The van der Waals surface area contributed by atoms with Crippen molar-refractivity contribution >= 4 is 17.7 Å². The molecule has 0 aliphatic carbocycles. The summed E-state index contributed by atoms with van der Waals surface area (Å²) in [5, 5.41) is 8.37. The number of rotatable bonds is 5. The topological polar surface area (TPSA) is 77.0 Å². The predicted octanol–water partition coefficient (Wildman–Crippen LogP) is 3.12. The van der Waals surface area contributed by atoms with Crippen LogP contribution < -0.4 is 5.73 Å². The summed E-state index contributed by atoms with van der Waals surface area (Å²) in [6.07, 6.45) is 3.72. The smallest absolute Gasteiger partial charge is 0.235 e. The van der Waals surface area contributed by atoms with Gasteiger partial charge in [-0.1, -0.05) is 22.9 Å². The molecule has 146 valence electrons. The lowest BCUT2D eigenvalue weighted by Crippen LogP contribution is -2.42. The minimum absolute atomic E-state index is 0.0831. The molecule has 1 aliphatic heterocycles. The van der Waals surface area contributed by atoms with Gasteiger partial charge in [0, 0.05) is 18.0 Å². The molecule has 0 saturated carbocycles. The van der Waals surface area contributed by atoms with E-state index < -0.39 is 5.54 Å². The summed E-state index contributed by atoms with van der Waals surface area (Å²) >= 11 is 1.62. The number of carbonyl (C=O) groups excluding carboxylic acids is 1. The molecule has 1 aromatic heterocycles. The molecular formula is C20H29N5OS. The highest BCUT2D eigenvalue weighted by atomic mass is 32.2. The second-order valence-electron chi connectivity index (χ2n) is 7.94. The van der Waals surface area contributed by atoms with Gasteiger partial charge in [0.25, 0.3) is 0 Å². The van der Waals surface area contributed by atoms with Crippen molar-refractivity contribution in [1.82, 2.24) is 19.9 Å². The van der Waals surface area contributed by atoms with Gasteiger partial charge in [0.05, 0.1) is 23.0 Å². The zero-order valence-electron chi connectivity index (χ0n) is 16.6. The molecule has 1 saturated heterocycles. The monoisotopic (exact) mass is 387 g/mol. The number of nitrogens with two attached hydrogens (primary N) is 1. The fraction of sp³-hybridized carbons (Fsp3) is 0.550. The van der Waals surface area contributed by atoms with Gasteiger partial charge in [0.1, 0.15) is 5.69 Å². The first-order valence-corrected chi connectivity index (χ1v) is 10.4. The van der Waals surface area contributed by atoms with Crippen LogP contribution in [0.3, 0.4) is 0 Å². The van der Waals surface area contributed by atoms with E-state index in [1.54, 1.807) is 11.8 Å². The van der Waals surface area contributed by atoms with Gasteiger partial charge in [-0.05, 0) is 52.7 Å². The van der Waals surface area contributed by atoms with Crippen LogP contribution in [-0.2, 0) is 10.3 Å². The molecule has 0 bridgehead atoms. The first kappa shape index (κ1) is 19.9. The van der Waals surface area contributed by atoms with Crippen LogP contribution >= 0.6 is 11.8 Å². The Bertz CT molecular complexity index is 772. The molecule has 2 heterocycles. The van der Waals surface area contributed by atoms with Crippen molar-refractivity contribution in [3.8, 4) is 0 Å². The maximum atomic E-state index is 12.8. The van der Waals surface area contributed by atoms with E-state index in [9.17, 15) is 4.79 Å². The Labute approximate surface area is 165 Å². The number of aromatic nitrogens is 3. The molecule has 6 nitrogen and oxygen atoms in total. The first-order valence-electron chi connectivity index (χ1n) is 9.47. The van der Waals surface area contributed by atoms with Gasteiger partial charge in [-0.25, -0.2) is 4.68 Å². The second kappa shape index (κ2) is 8.02. The molecule has 1 fully saturated rings. The Morgan fingerprint density at radius 1 is 1.26 bits per heavy atom. The van der Waals surface area contributed by atoms with Crippen LogP contribution in [0.4, 0.5) is 0 Å². The van der Waals surface area contributed by atoms with E-state index in [1.807, 2.05) is 36.5 Å².